The Morgan fingerprint density at radius 3 is 2.12 bits per heavy atom. The number of alkyl halides is 2. The van der Waals surface area contributed by atoms with Crippen molar-refractivity contribution in [2.75, 3.05) is 46.4 Å². The second-order valence-corrected chi connectivity index (χ2v) is 15.7. The van der Waals surface area contributed by atoms with Crippen LogP contribution in [0, 0.1) is 17.2 Å². The van der Waals surface area contributed by atoms with Gasteiger partial charge in [0.1, 0.15) is 49.4 Å². The molecular weight excluding hydrogens is 827 g/mol. The van der Waals surface area contributed by atoms with Crippen LogP contribution < -0.4 is 42.2 Å². The quantitative estimate of drug-likeness (QED) is 0.0888. The molecule has 0 aliphatic carbocycles. The monoisotopic (exact) mass is 880 g/mol. The number of nitrogens with two attached hydrogens (primary N) is 2. The zero-order valence-electron chi connectivity index (χ0n) is 36.2. The van der Waals surface area contributed by atoms with Crippen LogP contribution in [0.5, 0.6) is 11.5 Å². The highest BCUT2D eigenvalue weighted by atomic mass is 19.3. The zero-order chi connectivity index (χ0) is 46.5. The van der Waals surface area contributed by atoms with Crippen molar-refractivity contribution in [3.05, 3.63) is 107 Å². The first-order valence-electron chi connectivity index (χ1n) is 20.9. The van der Waals surface area contributed by atoms with E-state index in [1.807, 2.05) is 30.3 Å². The molecule has 15 nitrogen and oxygen atoms in total. The third-order valence-electron chi connectivity index (χ3n) is 10.5. The molecule has 0 radical (unpaired) electrons. The molecular formula is C47H54F2N8O7. The molecule has 3 atom stereocenters. The highest BCUT2D eigenvalue weighted by molar-refractivity contribution is 5.99. The molecule has 4 bridgehead atoms. The molecule has 5 amide bonds. The largest absolute Gasteiger partial charge is 0.492 e. The van der Waals surface area contributed by atoms with Gasteiger partial charge < -0.3 is 47.1 Å². The highest BCUT2D eigenvalue weighted by Gasteiger charge is 2.34. The molecule has 338 valence electrons. The minimum atomic E-state index is -3.01. The fourth-order valence-corrected chi connectivity index (χ4v) is 7.29. The van der Waals surface area contributed by atoms with Crippen molar-refractivity contribution in [3.63, 3.8) is 0 Å². The van der Waals surface area contributed by atoms with E-state index in [1.165, 1.54) is 26.1 Å². The van der Waals surface area contributed by atoms with E-state index in [1.54, 1.807) is 42.5 Å². The van der Waals surface area contributed by atoms with Gasteiger partial charge >= 0.3 is 0 Å². The Morgan fingerprint density at radius 2 is 1.50 bits per heavy atom. The maximum Gasteiger partial charge on any atom is 0.264 e. The first-order chi connectivity index (χ1) is 30.6. The number of halogens is 2. The molecule has 1 aliphatic rings. The summed E-state index contributed by atoms with van der Waals surface area (Å²) >= 11 is 0. The molecule has 8 N–H and O–H groups in total. The SMILES string of the molecule is CC(C)Cc1ccc(-c2ccc(C(=O)NCC(=O)N(C)C3C(=O)N[C@@H](C)C(=O)NC(C(=O)NCC#N)Cc4ccc(OCCN)c(c4)-c4cc3ccc4OCCN)c(C(F)F)c2)cc1. The van der Waals surface area contributed by atoms with Gasteiger partial charge in [-0.1, -0.05) is 56.3 Å². The van der Waals surface area contributed by atoms with Gasteiger partial charge in [0.2, 0.25) is 23.6 Å². The van der Waals surface area contributed by atoms with Gasteiger partial charge in [0.25, 0.3) is 12.3 Å². The molecule has 0 spiro atoms. The minimum absolute atomic E-state index is 0.0204. The molecule has 5 rings (SSSR count). The summed E-state index contributed by atoms with van der Waals surface area (Å²) in [6.45, 7) is 5.16. The lowest BCUT2D eigenvalue weighted by Gasteiger charge is -2.30. The lowest BCUT2D eigenvalue weighted by Crippen LogP contribution is -2.55. The number of rotatable bonds is 16. The highest BCUT2D eigenvalue weighted by Crippen LogP contribution is 2.40. The van der Waals surface area contributed by atoms with Crippen molar-refractivity contribution in [2.24, 2.45) is 17.4 Å². The van der Waals surface area contributed by atoms with Gasteiger partial charge in [-0.2, -0.15) is 5.26 Å². The van der Waals surface area contributed by atoms with Crippen molar-refractivity contribution < 1.29 is 42.2 Å². The van der Waals surface area contributed by atoms with Crippen LogP contribution in [0.15, 0.2) is 78.9 Å². The first kappa shape index (κ1) is 48.1. The van der Waals surface area contributed by atoms with E-state index in [-0.39, 0.29) is 50.4 Å². The molecule has 4 aromatic carbocycles. The maximum atomic E-state index is 14.5. The summed E-state index contributed by atoms with van der Waals surface area (Å²) in [5.74, 6) is -2.76. The number of ether oxygens (including phenoxy) is 2. The minimum Gasteiger partial charge on any atom is -0.492 e. The zero-order valence-corrected chi connectivity index (χ0v) is 36.2. The number of nitrogens with zero attached hydrogens (tertiary/aromatic N) is 2. The predicted octanol–water partition coefficient (Wildman–Crippen LogP) is 3.95. The number of nitriles is 1. The normalized spacial score (nSPS) is 16.2. The molecule has 1 heterocycles. The number of likely N-dealkylation sites (N-methyl/N-ethyl adjacent to an activating group) is 1. The van der Waals surface area contributed by atoms with Crippen molar-refractivity contribution in [1.29, 1.82) is 5.26 Å². The first-order valence-corrected chi connectivity index (χ1v) is 20.9. The summed E-state index contributed by atoms with van der Waals surface area (Å²) in [4.78, 5) is 69.7. The van der Waals surface area contributed by atoms with Crippen LogP contribution in [-0.2, 0) is 32.0 Å². The number of hydrogen-bond donors (Lipinski definition) is 6. The number of nitrogens with one attached hydrogen (secondary N) is 4. The van der Waals surface area contributed by atoms with E-state index in [2.05, 4.69) is 35.1 Å². The molecule has 2 unspecified atom stereocenters. The van der Waals surface area contributed by atoms with E-state index < -0.39 is 66.2 Å². The smallest absolute Gasteiger partial charge is 0.264 e. The molecule has 0 saturated heterocycles. The average Bonchev–Trinajstić information content (AvgIpc) is 3.28. The van der Waals surface area contributed by atoms with Crippen LogP contribution in [0.25, 0.3) is 22.3 Å². The number of amides is 5. The number of benzene rings is 4. The Bertz CT molecular complexity index is 2370. The molecule has 0 saturated carbocycles. The van der Waals surface area contributed by atoms with Gasteiger partial charge in [-0.15, -0.1) is 0 Å². The van der Waals surface area contributed by atoms with Gasteiger partial charge in [-0.05, 0) is 83.5 Å². The van der Waals surface area contributed by atoms with Crippen molar-refractivity contribution >= 4 is 29.5 Å². The standard InChI is InChI=1S/C47H54F2N8O7/c1-27(2)21-29-5-8-31(9-6-29)32-10-12-34(37(24-32)43(48)49)45(60)54-26-41(58)57(4)42-33-11-14-40(64-20-17-52)36(25-33)35-22-30(7-13-39(35)63-19-16-51)23-38(46(61)53-18-15-50)56-44(59)28(3)55-47(42)62/h5-14,22,24-25,27-28,38,42-43H,16-21,23,26,51-52H2,1-4H3,(H,53,61)(H,54,60)(H,55,62)(H,56,59)/t28-,38?,42?/m0/s1. The Balaban J connectivity index is 1.50. The molecule has 4 aromatic rings. The average molecular weight is 881 g/mol. The summed E-state index contributed by atoms with van der Waals surface area (Å²) in [5, 5.41) is 19.3. The van der Waals surface area contributed by atoms with Gasteiger partial charge in [-0.25, -0.2) is 8.78 Å². The van der Waals surface area contributed by atoms with Crippen LogP contribution in [-0.4, -0.2) is 93.0 Å². The Labute approximate surface area is 370 Å². The third-order valence-corrected chi connectivity index (χ3v) is 10.5. The fourth-order valence-electron chi connectivity index (χ4n) is 7.29. The Morgan fingerprint density at radius 1 is 0.859 bits per heavy atom. The number of hydrogen-bond acceptors (Lipinski definition) is 10. The van der Waals surface area contributed by atoms with Crippen molar-refractivity contribution in [3.8, 4) is 39.8 Å². The van der Waals surface area contributed by atoms with Gasteiger partial charge in [-0.3, -0.25) is 24.0 Å². The molecule has 1 aliphatic heterocycles. The summed E-state index contributed by atoms with van der Waals surface area (Å²) in [6.07, 6.45) is -2.17. The lowest BCUT2D eigenvalue weighted by atomic mass is 9.93. The van der Waals surface area contributed by atoms with E-state index >= 15 is 0 Å². The van der Waals surface area contributed by atoms with Gasteiger partial charge in [0.15, 0.2) is 0 Å². The van der Waals surface area contributed by atoms with Crippen LogP contribution in [0.4, 0.5) is 8.78 Å². The van der Waals surface area contributed by atoms with Crippen LogP contribution in [0.1, 0.15) is 65.9 Å². The molecule has 0 fully saturated rings. The van der Waals surface area contributed by atoms with Gasteiger partial charge in [0, 0.05) is 48.8 Å². The summed E-state index contributed by atoms with van der Waals surface area (Å²) < 4.78 is 41.0. The van der Waals surface area contributed by atoms with Crippen molar-refractivity contribution in [2.45, 2.75) is 58.2 Å². The van der Waals surface area contributed by atoms with Crippen LogP contribution in [0.2, 0.25) is 0 Å². The van der Waals surface area contributed by atoms with E-state index in [4.69, 9.17) is 26.2 Å². The lowest BCUT2D eigenvalue weighted by molar-refractivity contribution is -0.139. The third kappa shape index (κ3) is 12.2. The number of carbonyl (C=O) groups excluding carboxylic acids is 5. The fraction of sp³-hybridized carbons (Fsp3) is 0.362. The second kappa shape index (κ2) is 22.5. The molecule has 17 heteroatoms. The van der Waals surface area contributed by atoms with Crippen LogP contribution >= 0.6 is 0 Å². The number of carbonyl (C=O) groups is 5. The van der Waals surface area contributed by atoms with Gasteiger partial charge in [0.05, 0.1) is 12.6 Å². The maximum absolute atomic E-state index is 14.5. The second-order valence-electron chi connectivity index (χ2n) is 15.7. The predicted molar refractivity (Wildman–Crippen MR) is 236 cm³/mol. The molecule has 0 aromatic heterocycles. The summed E-state index contributed by atoms with van der Waals surface area (Å²) in [5.41, 5.74) is 14.7. The van der Waals surface area contributed by atoms with Crippen molar-refractivity contribution in [1.82, 2.24) is 26.2 Å². The summed E-state index contributed by atoms with van der Waals surface area (Å²) in [6, 6.07) is 19.5. The number of fused-ring (bicyclic) bond motifs is 5. The van der Waals surface area contributed by atoms with E-state index in [0.717, 1.165) is 16.9 Å². The summed E-state index contributed by atoms with van der Waals surface area (Å²) in [7, 11) is 1.32. The molecule has 64 heavy (non-hydrogen) atoms. The van der Waals surface area contributed by atoms with Crippen LogP contribution in [0.3, 0.4) is 0 Å². The Hall–Kier alpha value is -6.90. The Kier molecular flexibility index (Phi) is 16.9. The topological polar surface area (TPSA) is 231 Å². The van der Waals surface area contributed by atoms with E-state index in [0.29, 0.717) is 45.2 Å². The van der Waals surface area contributed by atoms with E-state index in [9.17, 15) is 32.8 Å².